The molecular formula is C29H24N6O6. The average molecular weight is 553 g/mol. The lowest BCUT2D eigenvalue weighted by Gasteiger charge is -2.16. The molecule has 0 unspecified atom stereocenters. The fourth-order valence-electron chi connectivity index (χ4n) is 4.47. The summed E-state index contributed by atoms with van der Waals surface area (Å²) in [7, 11) is 0. The fourth-order valence-corrected chi connectivity index (χ4v) is 4.47. The minimum absolute atomic E-state index is 0.115. The summed E-state index contributed by atoms with van der Waals surface area (Å²) in [6.45, 7) is 1.93. The third-order valence-electron chi connectivity index (χ3n) is 6.45. The minimum Gasteiger partial charge on any atom is -0.356 e. The maximum atomic E-state index is 13.2. The zero-order valence-electron chi connectivity index (χ0n) is 21.7. The van der Waals surface area contributed by atoms with Gasteiger partial charge in [-0.2, -0.15) is 0 Å². The van der Waals surface area contributed by atoms with Gasteiger partial charge in [0.15, 0.2) is 0 Å². The molecule has 0 aliphatic carbocycles. The molecule has 0 atom stereocenters. The normalized spacial score (nSPS) is 16.0. The first kappa shape index (κ1) is 26.8. The number of hydrogen-bond acceptors (Lipinski definition) is 7. The van der Waals surface area contributed by atoms with E-state index in [1.165, 1.54) is 31.2 Å². The lowest BCUT2D eigenvalue weighted by molar-refractivity contribution is -0.384. The molecule has 0 radical (unpaired) electrons. The van der Waals surface area contributed by atoms with Gasteiger partial charge in [0, 0.05) is 42.5 Å². The van der Waals surface area contributed by atoms with E-state index in [-0.39, 0.29) is 22.9 Å². The number of carbonyl (C=O) groups is 4. The lowest BCUT2D eigenvalue weighted by Crippen LogP contribution is -2.22. The number of fused-ring (bicyclic) bond motifs is 1. The van der Waals surface area contributed by atoms with Gasteiger partial charge in [-0.3, -0.25) is 29.8 Å². The number of amides is 5. The van der Waals surface area contributed by atoms with Crippen molar-refractivity contribution < 1.29 is 24.1 Å². The summed E-state index contributed by atoms with van der Waals surface area (Å²) in [5.41, 5.74) is 4.40. The van der Waals surface area contributed by atoms with Gasteiger partial charge in [0.05, 0.1) is 16.2 Å². The molecule has 1 fully saturated rings. The van der Waals surface area contributed by atoms with Crippen LogP contribution in [-0.2, 0) is 20.8 Å². The Morgan fingerprint density at radius 2 is 1.66 bits per heavy atom. The van der Waals surface area contributed by atoms with Crippen LogP contribution in [0.1, 0.15) is 29.2 Å². The number of imide groups is 1. The first-order valence-corrected chi connectivity index (χ1v) is 12.6. The van der Waals surface area contributed by atoms with Crippen LogP contribution in [0, 0.1) is 10.1 Å². The van der Waals surface area contributed by atoms with Gasteiger partial charge in [-0.1, -0.05) is 36.4 Å². The molecule has 5 N–H and O–H groups in total. The lowest BCUT2D eigenvalue weighted by atomic mass is 9.98. The number of nitro groups is 1. The van der Waals surface area contributed by atoms with Gasteiger partial charge >= 0.3 is 6.03 Å². The predicted octanol–water partition coefficient (Wildman–Crippen LogP) is 3.39. The summed E-state index contributed by atoms with van der Waals surface area (Å²) in [6, 6.07) is 18.0. The van der Waals surface area contributed by atoms with Gasteiger partial charge < -0.3 is 21.3 Å². The van der Waals surface area contributed by atoms with Crippen molar-refractivity contribution in [2.45, 2.75) is 13.3 Å². The van der Waals surface area contributed by atoms with Crippen LogP contribution in [0.3, 0.4) is 0 Å². The molecule has 12 nitrogen and oxygen atoms in total. The summed E-state index contributed by atoms with van der Waals surface area (Å²) in [5, 5.41) is 24.9. The molecule has 3 aromatic carbocycles. The van der Waals surface area contributed by atoms with E-state index in [9.17, 15) is 29.3 Å². The van der Waals surface area contributed by atoms with Gasteiger partial charge in [0.1, 0.15) is 5.70 Å². The number of nitrogens with one attached hydrogen (secondary N) is 5. The van der Waals surface area contributed by atoms with E-state index in [0.29, 0.717) is 46.7 Å². The second kappa shape index (κ2) is 11.1. The van der Waals surface area contributed by atoms with E-state index in [0.717, 1.165) is 5.56 Å². The van der Waals surface area contributed by atoms with Crippen LogP contribution in [0.2, 0.25) is 0 Å². The molecule has 206 valence electrons. The van der Waals surface area contributed by atoms with Crippen LogP contribution in [0.5, 0.6) is 0 Å². The van der Waals surface area contributed by atoms with E-state index in [2.05, 4.69) is 26.6 Å². The smallest absolute Gasteiger partial charge is 0.326 e. The number of rotatable bonds is 8. The molecule has 5 amide bonds. The zero-order chi connectivity index (χ0) is 29.1. The second-order valence-electron chi connectivity index (χ2n) is 9.33. The SMILES string of the molecule is CC(=O)NCCc1ccc(/C(Nc2ccc(/C=C3/NC(=O)NC3=O)cc2)=C2/C(=O)Nc3ccc([N+](=O)[O-])cc32)cc1. The Balaban J connectivity index is 1.51. The number of benzene rings is 3. The van der Waals surface area contributed by atoms with Crippen LogP contribution in [0.4, 0.5) is 21.9 Å². The van der Waals surface area contributed by atoms with E-state index in [1.54, 1.807) is 24.3 Å². The number of carbonyl (C=O) groups excluding carboxylic acids is 4. The number of nitrogens with zero attached hydrogens (tertiary/aromatic N) is 1. The van der Waals surface area contributed by atoms with E-state index in [4.69, 9.17) is 0 Å². The highest BCUT2D eigenvalue weighted by Crippen LogP contribution is 2.39. The largest absolute Gasteiger partial charge is 0.356 e. The van der Waals surface area contributed by atoms with E-state index < -0.39 is 22.8 Å². The minimum atomic E-state index is -0.590. The van der Waals surface area contributed by atoms with Crippen LogP contribution >= 0.6 is 0 Å². The summed E-state index contributed by atoms with van der Waals surface area (Å²) < 4.78 is 0. The van der Waals surface area contributed by atoms with Crippen molar-refractivity contribution in [3.05, 3.63) is 105 Å². The van der Waals surface area contributed by atoms with Crippen molar-refractivity contribution in [2.75, 3.05) is 17.2 Å². The highest BCUT2D eigenvalue weighted by atomic mass is 16.6. The molecule has 41 heavy (non-hydrogen) atoms. The van der Waals surface area contributed by atoms with Crippen LogP contribution in [-0.4, -0.2) is 35.2 Å². The topological polar surface area (TPSA) is 172 Å². The van der Waals surface area contributed by atoms with Gasteiger partial charge in [0.2, 0.25) is 5.91 Å². The summed E-state index contributed by atoms with van der Waals surface area (Å²) in [6.07, 6.45) is 2.15. The maximum Gasteiger partial charge on any atom is 0.326 e. The number of nitro benzene ring substituents is 1. The Labute approximate surface area is 233 Å². The molecule has 0 bridgehead atoms. The van der Waals surface area contributed by atoms with Gasteiger partial charge in [-0.15, -0.1) is 0 Å². The zero-order valence-corrected chi connectivity index (χ0v) is 21.7. The van der Waals surface area contributed by atoms with Crippen molar-refractivity contribution in [3.63, 3.8) is 0 Å². The van der Waals surface area contributed by atoms with Crippen molar-refractivity contribution in [2.24, 2.45) is 0 Å². The predicted molar refractivity (Wildman–Crippen MR) is 152 cm³/mol. The summed E-state index contributed by atoms with van der Waals surface area (Å²) >= 11 is 0. The molecule has 12 heteroatoms. The molecule has 5 rings (SSSR count). The summed E-state index contributed by atoms with van der Waals surface area (Å²) in [4.78, 5) is 58.5. The quantitative estimate of drug-likeness (QED) is 0.123. The van der Waals surface area contributed by atoms with Crippen molar-refractivity contribution in [3.8, 4) is 0 Å². The van der Waals surface area contributed by atoms with E-state index >= 15 is 0 Å². The second-order valence-corrected chi connectivity index (χ2v) is 9.33. The van der Waals surface area contributed by atoms with Gasteiger partial charge in [0.25, 0.3) is 17.5 Å². The molecule has 0 spiro atoms. The molecule has 2 aliphatic rings. The first-order chi connectivity index (χ1) is 19.7. The first-order valence-electron chi connectivity index (χ1n) is 12.6. The van der Waals surface area contributed by atoms with Crippen LogP contribution < -0.4 is 26.6 Å². The van der Waals surface area contributed by atoms with Crippen molar-refractivity contribution in [1.29, 1.82) is 0 Å². The molecule has 0 saturated carbocycles. The molecule has 0 aromatic heterocycles. The number of anilines is 2. The standard InChI is InChI=1S/C29H24N6O6/c1-16(36)30-13-12-17-2-6-19(7-3-17)26(25-22-15-21(35(40)41)10-11-23(22)32-28(25)38)31-20-8-4-18(5-9-20)14-24-27(37)34-29(39)33-24/h2-11,14-15,31H,12-13H2,1H3,(H,30,36)(H,32,38)(H2,33,34,37,39)/b24-14+,26-25-. The molecular weight excluding hydrogens is 528 g/mol. The molecule has 3 aromatic rings. The Kier molecular flexibility index (Phi) is 7.29. The average Bonchev–Trinajstić information content (AvgIpc) is 3.44. The third kappa shape index (κ3) is 5.96. The van der Waals surface area contributed by atoms with Gasteiger partial charge in [-0.05, 0) is 47.4 Å². The molecule has 2 aliphatic heterocycles. The monoisotopic (exact) mass is 552 g/mol. The Hall–Kier alpha value is -5.78. The molecule has 1 saturated heterocycles. The fraction of sp³-hybridized carbons (Fsp3) is 0.103. The maximum absolute atomic E-state index is 13.2. The Morgan fingerprint density at radius 1 is 0.927 bits per heavy atom. The highest BCUT2D eigenvalue weighted by Gasteiger charge is 2.30. The highest BCUT2D eigenvalue weighted by molar-refractivity contribution is 6.37. The summed E-state index contributed by atoms with van der Waals surface area (Å²) in [5.74, 6) is -1.05. The molecule has 2 heterocycles. The Morgan fingerprint density at radius 3 is 2.29 bits per heavy atom. The van der Waals surface area contributed by atoms with Gasteiger partial charge in [-0.25, -0.2) is 4.79 Å². The Bertz CT molecular complexity index is 1660. The third-order valence-corrected chi connectivity index (χ3v) is 6.45. The van der Waals surface area contributed by atoms with Crippen molar-refractivity contribution >= 4 is 58.2 Å². The van der Waals surface area contributed by atoms with Crippen molar-refractivity contribution in [1.82, 2.24) is 16.0 Å². The van der Waals surface area contributed by atoms with Crippen LogP contribution in [0.25, 0.3) is 17.3 Å². The van der Waals surface area contributed by atoms with Crippen LogP contribution in [0.15, 0.2) is 72.4 Å². The number of hydrogen-bond donors (Lipinski definition) is 5. The number of urea groups is 1. The van der Waals surface area contributed by atoms with E-state index in [1.807, 2.05) is 24.3 Å². The number of non-ortho nitro benzene ring substituents is 1.